The van der Waals surface area contributed by atoms with Gasteiger partial charge in [0.15, 0.2) is 0 Å². The van der Waals surface area contributed by atoms with Crippen LogP contribution in [0.1, 0.15) is 62.2 Å². The third kappa shape index (κ3) is 3.89. The molecule has 0 atom stereocenters. The van der Waals surface area contributed by atoms with E-state index < -0.39 is 0 Å². The highest BCUT2D eigenvalue weighted by Gasteiger charge is 2.29. The van der Waals surface area contributed by atoms with E-state index in [-0.39, 0.29) is 11.4 Å². The van der Waals surface area contributed by atoms with Crippen molar-refractivity contribution >= 4 is 22.4 Å². The molecule has 0 unspecified atom stereocenters. The van der Waals surface area contributed by atoms with E-state index in [2.05, 4.69) is 34.7 Å². The van der Waals surface area contributed by atoms with Crippen LogP contribution in [0.4, 0.5) is 5.13 Å². The standard InChI is InChI=1S/C13H22N4OS/c1-3-9-14-12-17-16-11(19-12)10(18)15-13(2)7-5-4-6-8-13/h3-9H2,1-2H3,(H,14,17)(H,15,18). The summed E-state index contributed by atoms with van der Waals surface area (Å²) < 4.78 is 0. The van der Waals surface area contributed by atoms with E-state index in [9.17, 15) is 4.79 Å². The van der Waals surface area contributed by atoms with Crippen molar-refractivity contribution < 1.29 is 4.79 Å². The largest absolute Gasteiger partial charge is 0.360 e. The molecule has 2 rings (SSSR count). The molecule has 1 heterocycles. The molecular weight excluding hydrogens is 260 g/mol. The van der Waals surface area contributed by atoms with E-state index in [0.29, 0.717) is 5.01 Å². The molecule has 0 radical (unpaired) electrons. The van der Waals surface area contributed by atoms with Gasteiger partial charge in [0.1, 0.15) is 0 Å². The first-order chi connectivity index (χ1) is 9.13. The van der Waals surface area contributed by atoms with Crippen LogP contribution in [0.5, 0.6) is 0 Å². The van der Waals surface area contributed by atoms with Gasteiger partial charge in [-0.25, -0.2) is 0 Å². The van der Waals surface area contributed by atoms with Gasteiger partial charge >= 0.3 is 0 Å². The normalized spacial score (nSPS) is 18.0. The number of aromatic nitrogens is 2. The van der Waals surface area contributed by atoms with E-state index in [0.717, 1.165) is 30.9 Å². The minimum Gasteiger partial charge on any atom is -0.360 e. The van der Waals surface area contributed by atoms with Crippen LogP contribution in [0.3, 0.4) is 0 Å². The van der Waals surface area contributed by atoms with Crippen molar-refractivity contribution in [3.8, 4) is 0 Å². The second kappa shape index (κ2) is 6.32. The van der Waals surface area contributed by atoms with Crippen LogP contribution in [0, 0.1) is 0 Å². The fourth-order valence-electron chi connectivity index (χ4n) is 2.40. The Morgan fingerprint density at radius 2 is 2.05 bits per heavy atom. The molecular formula is C13H22N4OS. The fourth-order valence-corrected chi connectivity index (χ4v) is 3.07. The van der Waals surface area contributed by atoms with E-state index >= 15 is 0 Å². The van der Waals surface area contributed by atoms with Crippen LogP contribution < -0.4 is 10.6 Å². The molecule has 5 nitrogen and oxygen atoms in total. The van der Waals surface area contributed by atoms with Gasteiger partial charge in [-0.2, -0.15) is 0 Å². The maximum absolute atomic E-state index is 12.2. The van der Waals surface area contributed by atoms with Crippen LogP contribution >= 0.6 is 11.3 Å². The number of amides is 1. The third-order valence-corrected chi connectivity index (χ3v) is 4.40. The molecule has 0 aromatic carbocycles. The number of nitrogens with zero attached hydrogens (tertiary/aromatic N) is 2. The van der Waals surface area contributed by atoms with Gasteiger partial charge in [-0.05, 0) is 26.2 Å². The monoisotopic (exact) mass is 282 g/mol. The zero-order valence-corrected chi connectivity index (χ0v) is 12.5. The maximum Gasteiger partial charge on any atom is 0.282 e. The molecule has 1 saturated carbocycles. The Kier molecular flexibility index (Phi) is 4.74. The van der Waals surface area contributed by atoms with Gasteiger partial charge in [0.2, 0.25) is 10.1 Å². The first-order valence-electron chi connectivity index (χ1n) is 7.03. The summed E-state index contributed by atoms with van der Waals surface area (Å²) in [5.74, 6) is -0.0913. The Bertz CT molecular complexity index is 426. The first-order valence-corrected chi connectivity index (χ1v) is 7.84. The van der Waals surface area contributed by atoms with Gasteiger partial charge in [0, 0.05) is 12.1 Å². The maximum atomic E-state index is 12.2. The molecule has 6 heteroatoms. The number of carbonyl (C=O) groups excluding carboxylic acids is 1. The van der Waals surface area contributed by atoms with E-state index in [1.165, 1.54) is 30.6 Å². The number of rotatable bonds is 5. The van der Waals surface area contributed by atoms with Crippen LogP contribution in [0.2, 0.25) is 0 Å². The summed E-state index contributed by atoms with van der Waals surface area (Å²) in [5, 5.41) is 15.4. The zero-order chi connectivity index (χ0) is 13.7. The average molecular weight is 282 g/mol. The second-order valence-corrected chi connectivity index (χ2v) is 6.39. The first kappa shape index (κ1) is 14.2. The molecule has 2 N–H and O–H groups in total. The summed E-state index contributed by atoms with van der Waals surface area (Å²) in [6.45, 7) is 5.07. The third-order valence-electron chi connectivity index (χ3n) is 3.52. The molecule has 0 aliphatic heterocycles. The van der Waals surface area contributed by atoms with Gasteiger partial charge in [-0.3, -0.25) is 4.79 Å². The van der Waals surface area contributed by atoms with Crippen LogP contribution in [-0.4, -0.2) is 28.2 Å². The van der Waals surface area contributed by atoms with Crippen molar-refractivity contribution in [3.05, 3.63) is 5.01 Å². The number of carbonyl (C=O) groups is 1. The Morgan fingerprint density at radius 1 is 1.32 bits per heavy atom. The molecule has 19 heavy (non-hydrogen) atoms. The molecule has 1 aliphatic carbocycles. The smallest absolute Gasteiger partial charge is 0.282 e. The summed E-state index contributed by atoms with van der Waals surface area (Å²) >= 11 is 1.32. The van der Waals surface area contributed by atoms with Gasteiger partial charge in [-0.1, -0.05) is 37.5 Å². The zero-order valence-electron chi connectivity index (χ0n) is 11.7. The Labute approximate surface area is 118 Å². The highest BCUT2D eigenvalue weighted by molar-refractivity contribution is 7.17. The highest BCUT2D eigenvalue weighted by atomic mass is 32.1. The SMILES string of the molecule is CCCNc1nnc(C(=O)NC2(C)CCCCC2)s1. The van der Waals surface area contributed by atoms with E-state index in [1.807, 2.05) is 0 Å². The fraction of sp³-hybridized carbons (Fsp3) is 0.769. The average Bonchev–Trinajstić information content (AvgIpc) is 2.85. The van der Waals surface area contributed by atoms with Crippen LogP contribution in [-0.2, 0) is 0 Å². The number of hydrogen-bond acceptors (Lipinski definition) is 5. The molecule has 1 aromatic rings. The van der Waals surface area contributed by atoms with Crippen molar-refractivity contribution in [1.29, 1.82) is 0 Å². The minimum absolute atomic E-state index is 0.0714. The predicted octanol–water partition coefficient (Wildman–Crippen LogP) is 2.81. The number of nitrogens with one attached hydrogen (secondary N) is 2. The van der Waals surface area contributed by atoms with E-state index in [4.69, 9.17) is 0 Å². The molecule has 106 valence electrons. The Morgan fingerprint density at radius 3 is 2.74 bits per heavy atom. The van der Waals surface area contributed by atoms with Crippen molar-refractivity contribution in [3.63, 3.8) is 0 Å². The number of anilines is 1. The molecule has 0 spiro atoms. The van der Waals surface area contributed by atoms with Crippen molar-refractivity contribution in [1.82, 2.24) is 15.5 Å². The topological polar surface area (TPSA) is 66.9 Å². The van der Waals surface area contributed by atoms with Crippen LogP contribution in [0.15, 0.2) is 0 Å². The Hall–Kier alpha value is -1.17. The quantitative estimate of drug-likeness (QED) is 0.871. The molecule has 1 fully saturated rings. The highest BCUT2D eigenvalue weighted by Crippen LogP contribution is 2.28. The summed E-state index contributed by atoms with van der Waals surface area (Å²) in [6.07, 6.45) is 6.79. The van der Waals surface area contributed by atoms with Gasteiger partial charge in [-0.15, -0.1) is 10.2 Å². The summed E-state index contributed by atoms with van der Waals surface area (Å²) in [5.41, 5.74) is -0.0714. The summed E-state index contributed by atoms with van der Waals surface area (Å²) in [4.78, 5) is 12.2. The second-order valence-electron chi connectivity index (χ2n) is 5.41. The van der Waals surface area contributed by atoms with Gasteiger partial charge in [0.25, 0.3) is 5.91 Å². The molecule has 1 aliphatic rings. The lowest BCUT2D eigenvalue weighted by Gasteiger charge is -2.34. The van der Waals surface area contributed by atoms with Gasteiger partial charge in [0.05, 0.1) is 0 Å². The van der Waals surface area contributed by atoms with Crippen molar-refractivity contribution in [2.24, 2.45) is 0 Å². The molecule has 1 aromatic heterocycles. The summed E-state index contributed by atoms with van der Waals surface area (Å²) in [6, 6.07) is 0. The predicted molar refractivity (Wildman–Crippen MR) is 77.6 cm³/mol. The Balaban J connectivity index is 1.93. The molecule has 0 bridgehead atoms. The molecule has 0 saturated heterocycles. The lowest BCUT2D eigenvalue weighted by atomic mass is 9.83. The molecule has 1 amide bonds. The van der Waals surface area contributed by atoms with Gasteiger partial charge < -0.3 is 10.6 Å². The lowest BCUT2D eigenvalue weighted by molar-refractivity contribution is 0.0881. The van der Waals surface area contributed by atoms with Crippen molar-refractivity contribution in [2.75, 3.05) is 11.9 Å². The summed E-state index contributed by atoms with van der Waals surface area (Å²) in [7, 11) is 0. The van der Waals surface area contributed by atoms with Crippen molar-refractivity contribution in [2.45, 2.75) is 57.9 Å². The van der Waals surface area contributed by atoms with E-state index in [1.54, 1.807) is 0 Å². The number of hydrogen-bond donors (Lipinski definition) is 2. The minimum atomic E-state index is -0.0913. The lowest BCUT2D eigenvalue weighted by Crippen LogP contribution is -2.47. The van der Waals surface area contributed by atoms with Crippen LogP contribution in [0.25, 0.3) is 0 Å².